The summed E-state index contributed by atoms with van der Waals surface area (Å²) < 4.78 is 6.34. The number of ether oxygens (including phenoxy) is 1. The van der Waals surface area contributed by atoms with Gasteiger partial charge in [0.1, 0.15) is 11.8 Å². The second kappa shape index (κ2) is 11.8. The van der Waals surface area contributed by atoms with Crippen molar-refractivity contribution in [2.75, 3.05) is 19.7 Å². The van der Waals surface area contributed by atoms with E-state index in [4.69, 9.17) is 16.3 Å². The number of benzene rings is 2. The molecule has 1 atom stereocenters. The van der Waals surface area contributed by atoms with Gasteiger partial charge in [0, 0.05) is 18.1 Å². The molecule has 5 nitrogen and oxygen atoms in total. The second-order valence-corrected chi connectivity index (χ2v) is 7.94. The number of hydrogen-bond acceptors (Lipinski definition) is 3. The molecule has 0 aliphatic rings. The molecule has 7 heteroatoms. The van der Waals surface area contributed by atoms with E-state index in [9.17, 15) is 9.59 Å². The van der Waals surface area contributed by atoms with E-state index in [1.165, 1.54) is 0 Å². The minimum absolute atomic E-state index is 0.166. The molecular formula is C22H26BrClN2O3. The molecule has 0 bridgehead atoms. The highest BCUT2D eigenvalue weighted by molar-refractivity contribution is 9.10. The van der Waals surface area contributed by atoms with Crippen molar-refractivity contribution < 1.29 is 14.3 Å². The first-order valence-electron chi connectivity index (χ1n) is 9.61. The lowest BCUT2D eigenvalue weighted by atomic mass is 10.1. The fourth-order valence-electron chi connectivity index (χ4n) is 2.78. The summed E-state index contributed by atoms with van der Waals surface area (Å²) >= 11 is 9.32. The smallest absolute Gasteiger partial charge is 0.261 e. The fourth-order valence-corrected chi connectivity index (χ4v) is 3.58. The monoisotopic (exact) mass is 480 g/mol. The molecular weight excluding hydrogens is 456 g/mol. The Morgan fingerprint density at radius 3 is 2.59 bits per heavy atom. The first-order chi connectivity index (χ1) is 13.9. The zero-order valence-corrected chi connectivity index (χ0v) is 19.0. The Balaban J connectivity index is 2.07. The van der Waals surface area contributed by atoms with E-state index in [0.717, 1.165) is 12.0 Å². The number of halogens is 2. The summed E-state index contributed by atoms with van der Waals surface area (Å²) in [7, 11) is 0. The highest BCUT2D eigenvalue weighted by Crippen LogP contribution is 2.28. The summed E-state index contributed by atoms with van der Waals surface area (Å²) in [5.74, 6) is 0.108. The van der Waals surface area contributed by atoms with Gasteiger partial charge >= 0.3 is 0 Å². The number of hydrogen-bond donors (Lipinski definition) is 1. The third-order valence-electron chi connectivity index (χ3n) is 4.45. The Bertz CT molecular complexity index is 817. The van der Waals surface area contributed by atoms with Gasteiger partial charge in [0.2, 0.25) is 5.91 Å². The Morgan fingerprint density at radius 1 is 1.21 bits per heavy atom. The van der Waals surface area contributed by atoms with Crippen molar-refractivity contribution in [1.29, 1.82) is 0 Å². The topological polar surface area (TPSA) is 58.6 Å². The van der Waals surface area contributed by atoms with Crippen LogP contribution in [0.15, 0.2) is 53.0 Å². The zero-order chi connectivity index (χ0) is 21.2. The van der Waals surface area contributed by atoms with Crippen LogP contribution in [-0.2, 0) is 16.0 Å². The zero-order valence-electron chi connectivity index (χ0n) is 16.7. The van der Waals surface area contributed by atoms with Crippen LogP contribution in [0.5, 0.6) is 5.75 Å². The molecule has 0 saturated carbocycles. The minimum Gasteiger partial charge on any atom is -0.483 e. The summed E-state index contributed by atoms with van der Waals surface area (Å²) in [5, 5.41) is 3.43. The largest absolute Gasteiger partial charge is 0.483 e. The van der Waals surface area contributed by atoms with Gasteiger partial charge in [-0.05, 0) is 59.5 Å². The summed E-state index contributed by atoms with van der Waals surface area (Å²) in [6.45, 7) is 4.57. The average Bonchev–Trinajstić information content (AvgIpc) is 2.72. The molecule has 1 unspecified atom stereocenters. The Kier molecular flexibility index (Phi) is 9.48. The van der Waals surface area contributed by atoms with Crippen molar-refractivity contribution in [2.45, 2.75) is 32.7 Å². The molecule has 0 heterocycles. The summed E-state index contributed by atoms with van der Waals surface area (Å²) in [6.07, 6.45) is 1.49. The van der Waals surface area contributed by atoms with Gasteiger partial charge < -0.3 is 15.0 Å². The maximum atomic E-state index is 12.9. The summed E-state index contributed by atoms with van der Waals surface area (Å²) in [6, 6.07) is 14.4. The molecule has 2 aromatic rings. The SMILES string of the molecule is CCCNC(=O)C(C)N(CCc1ccccc1)C(=O)COc1ccc(Cl)cc1Br. The van der Waals surface area contributed by atoms with Crippen molar-refractivity contribution in [3.63, 3.8) is 0 Å². The fraction of sp³-hybridized carbons (Fsp3) is 0.364. The molecule has 0 radical (unpaired) electrons. The van der Waals surface area contributed by atoms with Crippen molar-refractivity contribution in [3.8, 4) is 5.75 Å². The number of amides is 2. The molecule has 2 amide bonds. The van der Waals surface area contributed by atoms with Crippen molar-refractivity contribution in [3.05, 3.63) is 63.6 Å². The van der Waals surface area contributed by atoms with Crippen LogP contribution < -0.4 is 10.1 Å². The van der Waals surface area contributed by atoms with Gasteiger partial charge in [-0.15, -0.1) is 0 Å². The van der Waals surface area contributed by atoms with Gasteiger partial charge in [-0.25, -0.2) is 0 Å². The lowest BCUT2D eigenvalue weighted by Crippen LogP contribution is -2.50. The number of nitrogens with one attached hydrogen (secondary N) is 1. The van der Waals surface area contributed by atoms with Crippen LogP contribution in [0, 0.1) is 0 Å². The van der Waals surface area contributed by atoms with E-state index in [1.807, 2.05) is 37.3 Å². The molecule has 0 aromatic heterocycles. The molecule has 2 aromatic carbocycles. The molecule has 0 saturated heterocycles. The average molecular weight is 482 g/mol. The summed E-state index contributed by atoms with van der Waals surface area (Å²) in [4.78, 5) is 26.9. The van der Waals surface area contributed by atoms with Crippen molar-refractivity contribution in [2.24, 2.45) is 0 Å². The van der Waals surface area contributed by atoms with Crippen LogP contribution in [0.2, 0.25) is 5.02 Å². The molecule has 0 spiro atoms. The van der Waals surface area contributed by atoms with Gasteiger partial charge in [-0.3, -0.25) is 9.59 Å². The van der Waals surface area contributed by atoms with Crippen LogP contribution in [-0.4, -0.2) is 42.5 Å². The molecule has 2 rings (SSSR count). The van der Waals surface area contributed by atoms with E-state index >= 15 is 0 Å². The van der Waals surface area contributed by atoms with Crippen molar-refractivity contribution >= 4 is 39.3 Å². The van der Waals surface area contributed by atoms with Gasteiger partial charge in [-0.2, -0.15) is 0 Å². The standard InChI is InChI=1S/C22H26BrClN2O3/c1-3-12-25-22(28)16(2)26(13-11-17-7-5-4-6-8-17)21(27)15-29-20-10-9-18(24)14-19(20)23/h4-10,14,16H,3,11-13,15H2,1-2H3,(H,25,28). The highest BCUT2D eigenvalue weighted by Gasteiger charge is 2.26. The Hall–Kier alpha value is -2.05. The van der Waals surface area contributed by atoms with Crippen LogP contribution >= 0.6 is 27.5 Å². The van der Waals surface area contributed by atoms with Crippen LogP contribution in [0.1, 0.15) is 25.8 Å². The van der Waals surface area contributed by atoms with E-state index in [1.54, 1.807) is 30.0 Å². The van der Waals surface area contributed by atoms with Gasteiger partial charge in [0.25, 0.3) is 5.91 Å². The molecule has 0 fully saturated rings. The highest BCUT2D eigenvalue weighted by atomic mass is 79.9. The number of nitrogens with zero attached hydrogens (tertiary/aromatic N) is 1. The first-order valence-corrected chi connectivity index (χ1v) is 10.8. The maximum Gasteiger partial charge on any atom is 0.261 e. The lowest BCUT2D eigenvalue weighted by Gasteiger charge is -2.28. The predicted molar refractivity (Wildman–Crippen MR) is 119 cm³/mol. The number of carbonyl (C=O) groups excluding carboxylic acids is 2. The second-order valence-electron chi connectivity index (χ2n) is 6.65. The van der Waals surface area contributed by atoms with Gasteiger partial charge in [0.05, 0.1) is 4.47 Å². The van der Waals surface area contributed by atoms with E-state index in [0.29, 0.717) is 34.8 Å². The number of rotatable bonds is 10. The Morgan fingerprint density at radius 2 is 1.93 bits per heavy atom. The quantitative estimate of drug-likeness (QED) is 0.545. The first kappa shape index (κ1) is 23.2. The third kappa shape index (κ3) is 7.37. The van der Waals surface area contributed by atoms with E-state index in [-0.39, 0.29) is 18.4 Å². The molecule has 1 N–H and O–H groups in total. The summed E-state index contributed by atoms with van der Waals surface area (Å²) in [5.41, 5.74) is 1.10. The van der Waals surface area contributed by atoms with Crippen molar-refractivity contribution in [1.82, 2.24) is 10.2 Å². The predicted octanol–water partition coefficient (Wildman–Crippen LogP) is 4.47. The third-order valence-corrected chi connectivity index (χ3v) is 5.30. The van der Waals surface area contributed by atoms with Gasteiger partial charge in [0.15, 0.2) is 6.61 Å². The van der Waals surface area contributed by atoms with Gasteiger partial charge in [-0.1, -0.05) is 48.9 Å². The number of carbonyl (C=O) groups is 2. The minimum atomic E-state index is -0.588. The molecule has 29 heavy (non-hydrogen) atoms. The normalized spacial score (nSPS) is 11.6. The molecule has 0 aliphatic heterocycles. The lowest BCUT2D eigenvalue weighted by molar-refractivity contribution is -0.141. The maximum absolute atomic E-state index is 12.9. The van der Waals surface area contributed by atoms with E-state index in [2.05, 4.69) is 21.2 Å². The van der Waals surface area contributed by atoms with E-state index < -0.39 is 6.04 Å². The van der Waals surface area contributed by atoms with Crippen LogP contribution in [0.3, 0.4) is 0 Å². The van der Waals surface area contributed by atoms with Crippen LogP contribution in [0.4, 0.5) is 0 Å². The Labute approximate surface area is 185 Å². The molecule has 0 aliphatic carbocycles. The molecule has 156 valence electrons. The van der Waals surface area contributed by atoms with Crippen LogP contribution in [0.25, 0.3) is 0 Å².